The molecule has 0 aliphatic heterocycles. The maximum Gasteiger partial charge on any atom is 0.242 e. The van der Waals surface area contributed by atoms with Crippen molar-refractivity contribution in [1.82, 2.24) is 25.5 Å². The van der Waals surface area contributed by atoms with Crippen molar-refractivity contribution in [2.45, 2.75) is 26.4 Å². The Balaban J connectivity index is 2.41. The largest absolute Gasteiger partial charge is 0.394 e. The zero-order valence-corrected chi connectivity index (χ0v) is 8.79. The fourth-order valence-electron chi connectivity index (χ4n) is 1.08. The van der Waals surface area contributed by atoms with Crippen LogP contribution in [0.25, 0.3) is 0 Å². The van der Waals surface area contributed by atoms with E-state index in [4.69, 9.17) is 5.11 Å². The number of carbonyl (C=O) groups excluding carboxylic acids is 1. The number of hydrogen-bond acceptors (Lipinski definition) is 5. The summed E-state index contributed by atoms with van der Waals surface area (Å²) in [5, 5.41) is 22.1. The van der Waals surface area contributed by atoms with Gasteiger partial charge in [-0.2, -0.15) is 0 Å². The van der Waals surface area contributed by atoms with Gasteiger partial charge in [0.25, 0.3) is 0 Å². The number of nitrogens with one attached hydrogen (secondary N) is 1. The summed E-state index contributed by atoms with van der Waals surface area (Å²) >= 11 is 0. The maximum atomic E-state index is 11.4. The zero-order chi connectivity index (χ0) is 11.3. The van der Waals surface area contributed by atoms with Crippen molar-refractivity contribution in [1.29, 1.82) is 0 Å². The molecule has 7 nitrogen and oxygen atoms in total. The van der Waals surface area contributed by atoms with Gasteiger partial charge < -0.3 is 10.4 Å². The Hall–Kier alpha value is -1.50. The van der Waals surface area contributed by atoms with Crippen molar-refractivity contribution in [3.05, 3.63) is 6.33 Å². The first-order valence-corrected chi connectivity index (χ1v) is 4.74. The van der Waals surface area contributed by atoms with Gasteiger partial charge in [0.1, 0.15) is 12.9 Å². The summed E-state index contributed by atoms with van der Waals surface area (Å²) < 4.78 is 1.32. The van der Waals surface area contributed by atoms with E-state index in [9.17, 15) is 4.79 Å². The van der Waals surface area contributed by atoms with Gasteiger partial charge in [0, 0.05) is 0 Å². The van der Waals surface area contributed by atoms with Gasteiger partial charge in [0.2, 0.25) is 5.91 Å². The lowest BCUT2D eigenvalue weighted by Crippen LogP contribution is -2.42. The number of carbonyl (C=O) groups is 1. The monoisotopic (exact) mass is 213 g/mol. The van der Waals surface area contributed by atoms with E-state index >= 15 is 0 Å². The highest BCUT2D eigenvalue weighted by atomic mass is 16.3. The number of aliphatic hydroxyl groups is 1. The van der Waals surface area contributed by atoms with Crippen molar-refractivity contribution in [3.8, 4) is 0 Å². The summed E-state index contributed by atoms with van der Waals surface area (Å²) in [4.78, 5) is 11.4. The van der Waals surface area contributed by atoms with E-state index in [0.717, 1.165) is 0 Å². The molecule has 1 aromatic heterocycles. The van der Waals surface area contributed by atoms with Crippen LogP contribution in [0.3, 0.4) is 0 Å². The number of hydrogen-bond donors (Lipinski definition) is 2. The number of nitrogens with zero attached hydrogens (tertiary/aromatic N) is 4. The second kappa shape index (κ2) is 5.40. The minimum Gasteiger partial charge on any atom is -0.394 e. The average Bonchev–Trinajstić information content (AvgIpc) is 2.66. The molecule has 1 amide bonds. The van der Waals surface area contributed by atoms with Gasteiger partial charge in [0.05, 0.1) is 12.6 Å². The first kappa shape index (κ1) is 11.6. The predicted octanol–water partition coefficient (Wildman–Crippen LogP) is -1.19. The molecule has 15 heavy (non-hydrogen) atoms. The van der Waals surface area contributed by atoms with Gasteiger partial charge in [-0.25, -0.2) is 4.68 Å². The van der Waals surface area contributed by atoms with E-state index in [0.29, 0.717) is 0 Å². The first-order valence-electron chi connectivity index (χ1n) is 4.74. The lowest BCUT2D eigenvalue weighted by molar-refractivity contribution is -0.123. The lowest BCUT2D eigenvalue weighted by Gasteiger charge is -2.19. The van der Waals surface area contributed by atoms with Gasteiger partial charge in [0.15, 0.2) is 0 Å². The number of tetrazole rings is 1. The standard InChI is InChI=1S/C8H15N5O2/c1-6(2)7(4-14)10-8(15)3-13-5-9-11-12-13/h5-7,14H,3-4H2,1-2H3,(H,10,15)/t7-/m1/s1. The summed E-state index contributed by atoms with van der Waals surface area (Å²) in [6.45, 7) is 3.85. The summed E-state index contributed by atoms with van der Waals surface area (Å²) in [5.41, 5.74) is 0. The Morgan fingerprint density at radius 2 is 2.33 bits per heavy atom. The van der Waals surface area contributed by atoms with E-state index in [1.54, 1.807) is 0 Å². The van der Waals surface area contributed by atoms with E-state index in [-0.39, 0.29) is 31.0 Å². The van der Waals surface area contributed by atoms with Crippen LogP contribution in [0.1, 0.15) is 13.8 Å². The highest BCUT2D eigenvalue weighted by Crippen LogP contribution is 1.99. The first-order chi connectivity index (χ1) is 7.13. The van der Waals surface area contributed by atoms with E-state index < -0.39 is 0 Å². The van der Waals surface area contributed by atoms with E-state index in [1.807, 2.05) is 13.8 Å². The van der Waals surface area contributed by atoms with Gasteiger partial charge in [-0.3, -0.25) is 4.79 Å². The van der Waals surface area contributed by atoms with Crippen LogP contribution in [0.15, 0.2) is 6.33 Å². The molecule has 1 heterocycles. The van der Waals surface area contributed by atoms with E-state index in [1.165, 1.54) is 11.0 Å². The number of rotatable bonds is 5. The molecule has 0 saturated heterocycles. The van der Waals surface area contributed by atoms with Crippen LogP contribution in [0.2, 0.25) is 0 Å². The molecule has 1 aromatic rings. The van der Waals surface area contributed by atoms with Crippen LogP contribution in [0.4, 0.5) is 0 Å². The third-order valence-corrected chi connectivity index (χ3v) is 2.04. The molecule has 0 unspecified atom stereocenters. The summed E-state index contributed by atoms with van der Waals surface area (Å²) in [6, 6.07) is -0.228. The fraction of sp³-hybridized carbons (Fsp3) is 0.750. The predicted molar refractivity (Wildman–Crippen MR) is 51.7 cm³/mol. The van der Waals surface area contributed by atoms with Crippen LogP contribution in [-0.4, -0.2) is 43.9 Å². The Kier molecular flexibility index (Phi) is 4.17. The zero-order valence-electron chi connectivity index (χ0n) is 8.79. The Morgan fingerprint density at radius 1 is 1.60 bits per heavy atom. The number of aromatic nitrogens is 4. The molecule has 0 saturated carbocycles. The molecule has 1 rings (SSSR count). The van der Waals surface area contributed by atoms with Crippen molar-refractivity contribution >= 4 is 5.91 Å². The molecule has 0 aromatic carbocycles. The summed E-state index contributed by atoms with van der Waals surface area (Å²) in [5.74, 6) is -0.0251. The Labute approximate surface area is 87.5 Å². The Bertz CT molecular complexity index is 298. The van der Waals surface area contributed by atoms with Crippen LogP contribution in [0, 0.1) is 5.92 Å². The molecule has 0 fully saturated rings. The number of amides is 1. The van der Waals surface area contributed by atoms with Crippen LogP contribution >= 0.6 is 0 Å². The van der Waals surface area contributed by atoms with Crippen molar-refractivity contribution < 1.29 is 9.90 Å². The van der Waals surface area contributed by atoms with Crippen LogP contribution in [-0.2, 0) is 11.3 Å². The molecular formula is C8H15N5O2. The summed E-state index contributed by atoms with van der Waals surface area (Å²) in [7, 11) is 0. The molecule has 0 bridgehead atoms. The fourth-order valence-corrected chi connectivity index (χ4v) is 1.08. The van der Waals surface area contributed by atoms with Crippen molar-refractivity contribution in [3.63, 3.8) is 0 Å². The molecule has 1 atom stereocenters. The lowest BCUT2D eigenvalue weighted by atomic mass is 10.1. The van der Waals surface area contributed by atoms with Crippen LogP contribution < -0.4 is 5.32 Å². The van der Waals surface area contributed by atoms with Gasteiger partial charge in [-0.15, -0.1) is 5.10 Å². The molecular weight excluding hydrogens is 198 g/mol. The molecule has 7 heteroatoms. The van der Waals surface area contributed by atoms with Crippen LogP contribution in [0.5, 0.6) is 0 Å². The minimum absolute atomic E-state index is 0.0657. The minimum atomic E-state index is -0.228. The molecule has 0 aliphatic carbocycles. The normalized spacial score (nSPS) is 12.8. The van der Waals surface area contributed by atoms with Crippen molar-refractivity contribution in [2.75, 3.05) is 6.61 Å². The maximum absolute atomic E-state index is 11.4. The SMILES string of the molecule is CC(C)[C@@H](CO)NC(=O)Cn1cnnn1. The topological polar surface area (TPSA) is 92.9 Å². The van der Waals surface area contributed by atoms with Gasteiger partial charge >= 0.3 is 0 Å². The molecule has 0 radical (unpaired) electrons. The van der Waals surface area contributed by atoms with E-state index in [2.05, 4.69) is 20.8 Å². The average molecular weight is 213 g/mol. The third-order valence-electron chi connectivity index (χ3n) is 2.04. The highest BCUT2D eigenvalue weighted by molar-refractivity contribution is 5.75. The smallest absolute Gasteiger partial charge is 0.242 e. The summed E-state index contributed by atoms with van der Waals surface area (Å²) in [6.07, 6.45) is 1.36. The quantitative estimate of drug-likeness (QED) is 0.641. The molecule has 0 spiro atoms. The third kappa shape index (κ3) is 3.62. The van der Waals surface area contributed by atoms with Gasteiger partial charge in [-0.1, -0.05) is 13.8 Å². The highest BCUT2D eigenvalue weighted by Gasteiger charge is 2.15. The Morgan fingerprint density at radius 3 is 2.80 bits per heavy atom. The van der Waals surface area contributed by atoms with Crippen molar-refractivity contribution in [2.24, 2.45) is 5.92 Å². The van der Waals surface area contributed by atoms with Gasteiger partial charge in [-0.05, 0) is 16.3 Å². The molecule has 2 N–H and O–H groups in total. The second-order valence-corrected chi connectivity index (χ2v) is 3.61. The molecule has 0 aliphatic rings. The number of aliphatic hydroxyl groups excluding tert-OH is 1. The second-order valence-electron chi connectivity index (χ2n) is 3.61. The molecule has 84 valence electrons.